The summed E-state index contributed by atoms with van der Waals surface area (Å²) in [6.45, 7) is 6.32. The van der Waals surface area contributed by atoms with Gasteiger partial charge in [0.1, 0.15) is 6.10 Å². The first kappa shape index (κ1) is 17.2. The highest BCUT2D eigenvalue weighted by Crippen LogP contribution is 2.21. The number of hydrogen-bond acceptors (Lipinski definition) is 3. The third-order valence-corrected chi connectivity index (χ3v) is 4.92. The van der Waals surface area contributed by atoms with E-state index >= 15 is 0 Å². The molecule has 0 saturated carbocycles. The first-order valence-corrected chi connectivity index (χ1v) is 9.07. The summed E-state index contributed by atoms with van der Waals surface area (Å²) in [6.07, 6.45) is 3.70. The van der Waals surface area contributed by atoms with Crippen LogP contribution in [-0.4, -0.2) is 56.4 Å². The summed E-state index contributed by atoms with van der Waals surface area (Å²) < 4.78 is 11.7. The molecule has 2 heterocycles. The van der Waals surface area contributed by atoms with Crippen LogP contribution in [0.15, 0.2) is 29.3 Å². The predicted molar refractivity (Wildman–Crippen MR) is 96.3 cm³/mol. The van der Waals surface area contributed by atoms with Crippen molar-refractivity contribution in [3.8, 4) is 0 Å². The Balaban J connectivity index is 1.59. The lowest BCUT2D eigenvalue weighted by Crippen LogP contribution is -2.53. The SMILES string of the molecule is CCc1ccccc1CNC(=NC)N1CCOC(C2CCCO2)C1. The summed E-state index contributed by atoms with van der Waals surface area (Å²) >= 11 is 0. The average molecular weight is 331 g/mol. The van der Waals surface area contributed by atoms with Gasteiger partial charge in [0.25, 0.3) is 0 Å². The minimum absolute atomic E-state index is 0.155. The molecule has 0 spiro atoms. The van der Waals surface area contributed by atoms with Crippen LogP contribution in [0.1, 0.15) is 30.9 Å². The number of guanidine groups is 1. The molecule has 2 unspecified atom stereocenters. The van der Waals surface area contributed by atoms with E-state index in [1.54, 1.807) is 0 Å². The highest BCUT2D eigenvalue weighted by Gasteiger charge is 2.32. The maximum Gasteiger partial charge on any atom is 0.194 e. The van der Waals surface area contributed by atoms with E-state index in [2.05, 4.69) is 46.4 Å². The van der Waals surface area contributed by atoms with Gasteiger partial charge in [0.15, 0.2) is 5.96 Å². The van der Waals surface area contributed by atoms with E-state index in [-0.39, 0.29) is 12.2 Å². The van der Waals surface area contributed by atoms with Crippen LogP contribution in [0.3, 0.4) is 0 Å². The second-order valence-electron chi connectivity index (χ2n) is 6.43. The number of benzene rings is 1. The van der Waals surface area contributed by atoms with Crippen LogP contribution < -0.4 is 5.32 Å². The lowest BCUT2D eigenvalue weighted by molar-refractivity contribution is -0.0817. The third kappa shape index (κ3) is 4.08. The van der Waals surface area contributed by atoms with E-state index in [1.807, 2.05) is 7.05 Å². The molecule has 2 saturated heterocycles. The Morgan fingerprint density at radius 3 is 2.71 bits per heavy atom. The molecule has 5 nitrogen and oxygen atoms in total. The smallest absolute Gasteiger partial charge is 0.194 e. The number of rotatable bonds is 4. The monoisotopic (exact) mass is 331 g/mol. The zero-order valence-electron chi connectivity index (χ0n) is 14.8. The van der Waals surface area contributed by atoms with E-state index in [0.717, 1.165) is 58.1 Å². The molecule has 132 valence electrons. The van der Waals surface area contributed by atoms with Gasteiger partial charge in [-0.15, -0.1) is 0 Å². The summed E-state index contributed by atoms with van der Waals surface area (Å²) in [7, 11) is 1.85. The molecule has 3 rings (SSSR count). The summed E-state index contributed by atoms with van der Waals surface area (Å²) in [5.74, 6) is 0.951. The van der Waals surface area contributed by atoms with Crippen molar-refractivity contribution in [1.82, 2.24) is 10.2 Å². The molecule has 0 radical (unpaired) electrons. The molecule has 1 aromatic carbocycles. The molecule has 1 aromatic rings. The fourth-order valence-corrected chi connectivity index (χ4v) is 3.57. The molecular weight excluding hydrogens is 302 g/mol. The Bertz CT molecular complexity index is 555. The van der Waals surface area contributed by atoms with Crippen LogP contribution in [0, 0.1) is 0 Å². The summed E-state index contributed by atoms with van der Waals surface area (Å²) in [6, 6.07) is 8.59. The van der Waals surface area contributed by atoms with Gasteiger partial charge in [-0.1, -0.05) is 31.2 Å². The van der Waals surface area contributed by atoms with Crippen LogP contribution >= 0.6 is 0 Å². The Labute approximate surface area is 145 Å². The van der Waals surface area contributed by atoms with E-state index < -0.39 is 0 Å². The van der Waals surface area contributed by atoms with E-state index in [0.29, 0.717) is 0 Å². The van der Waals surface area contributed by atoms with Gasteiger partial charge in [0.2, 0.25) is 0 Å². The largest absolute Gasteiger partial charge is 0.375 e. The zero-order chi connectivity index (χ0) is 16.8. The van der Waals surface area contributed by atoms with Gasteiger partial charge in [0.05, 0.1) is 12.7 Å². The summed E-state index contributed by atoms with van der Waals surface area (Å²) in [5.41, 5.74) is 2.73. The van der Waals surface area contributed by atoms with Crippen LogP contribution in [0.5, 0.6) is 0 Å². The Morgan fingerprint density at radius 2 is 2.00 bits per heavy atom. The molecular formula is C19H29N3O2. The van der Waals surface area contributed by atoms with Crippen molar-refractivity contribution in [1.29, 1.82) is 0 Å². The zero-order valence-corrected chi connectivity index (χ0v) is 14.8. The van der Waals surface area contributed by atoms with Gasteiger partial charge in [0, 0.05) is 33.3 Å². The highest BCUT2D eigenvalue weighted by molar-refractivity contribution is 5.80. The minimum Gasteiger partial charge on any atom is -0.375 e. The van der Waals surface area contributed by atoms with E-state index in [4.69, 9.17) is 9.47 Å². The topological polar surface area (TPSA) is 46.1 Å². The lowest BCUT2D eigenvalue weighted by atomic mass is 10.1. The normalized spacial score (nSPS) is 25.1. The minimum atomic E-state index is 0.155. The van der Waals surface area contributed by atoms with Gasteiger partial charge in [-0.2, -0.15) is 0 Å². The lowest BCUT2D eigenvalue weighted by Gasteiger charge is -2.37. The molecule has 2 aliphatic rings. The van der Waals surface area contributed by atoms with Crippen molar-refractivity contribution in [2.24, 2.45) is 4.99 Å². The van der Waals surface area contributed by atoms with Crippen molar-refractivity contribution < 1.29 is 9.47 Å². The predicted octanol–water partition coefficient (Wildman–Crippen LogP) is 2.20. The van der Waals surface area contributed by atoms with Crippen molar-refractivity contribution in [2.75, 3.05) is 33.4 Å². The van der Waals surface area contributed by atoms with Crippen molar-refractivity contribution in [3.05, 3.63) is 35.4 Å². The number of aryl methyl sites for hydroxylation is 1. The Hall–Kier alpha value is -1.59. The highest BCUT2D eigenvalue weighted by atomic mass is 16.5. The van der Waals surface area contributed by atoms with Gasteiger partial charge < -0.3 is 19.7 Å². The van der Waals surface area contributed by atoms with Gasteiger partial charge in [-0.05, 0) is 30.4 Å². The number of nitrogens with one attached hydrogen (secondary N) is 1. The van der Waals surface area contributed by atoms with Gasteiger partial charge in [-0.25, -0.2) is 0 Å². The number of morpholine rings is 1. The average Bonchev–Trinajstić information content (AvgIpc) is 3.17. The number of ether oxygens (including phenoxy) is 2. The molecule has 0 amide bonds. The van der Waals surface area contributed by atoms with E-state index in [9.17, 15) is 0 Å². The molecule has 5 heteroatoms. The van der Waals surface area contributed by atoms with Gasteiger partial charge >= 0.3 is 0 Å². The van der Waals surface area contributed by atoms with Crippen LogP contribution in [0.2, 0.25) is 0 Å². The molecule has 24 heavy (non-hydrogen) atoms. The quantitative estimate of drug-likeness (QED) is 0.679. The molecule has 2 fully saturated rings. The van der Waals surface area contributed by atoms with Crippen molar-refractivity contribution in [3.63, 3.8) is 0 Å². The third-order valence-electron chi connectivity index (χ3n) is 4.92. The number of nitrogens with zero attached hydrogens (tertiary/aromatic N) is 2. The molecule has 1 N–H and O–H groups in total. The first-order valence-electron chi connectivity index (χ1n) is 9.07. The molecule has 0 aromatic heterocycles. The maximum absolute atomic E-state index is 5.94. The Kier molecular flexibility index (Phi) is 6.10. The first-order chi connectivity index (χ1) is 11.8. The van der Waals surface area contributed by atoms with Crippen molar-refractivity contribution >= 4 is 5.96 Å². The van der Waals surface area contributed by atoms with Gasteiger partial charge in [-0.3, -0.25) is 4.99 Å². The summed E-state index contributed by atoms with van der Waals surface area (Å²) in [4.78, 5) is 6.77. The molecule has 2 atom stereocenters. The second-order valence-corrected chi connectivity index (χ2v) is 6.43. The van der Waals surface area contributed by atoms with Crippen LogP contribution in [0.25, 0.3) is 0 Å². The summed E-state index contributed by atoms with van der Waals surface area (Å²) in [5, 5.41) is 3.52. The molecule has 0 aliphatic carbocycles. The number of hydrogen-bond donors (Lipinski definition) is 1. The standard InChI is InChI=1S/C19H29N3O2/c1-3-15-7-4-5-8-16(15)13-21-19(20-2)22-10-12-24-18(14-22)17-9-6-11-23-17/h4-5,7-8,17-18H,3,6,9-14H2,1-2H3,(H,20,21). The fraction of sp³-hybridized carbons (Fsp3) is 0.632. The second kappa shape index (κ2) is 8.49. The Morgan fingerprint density at radius 1 is 1.21 bits per heavy atom. The number of aliphatic imine (C=N–C) groups is 1. The molecule has 2 aliphatic heterocycles. The van der Waals surface area contributed by atoms with Crippen LogP contribution in [0.4, 0.5) is 0 Å². The van der Waals surface area contributed by atoms with Crippen LogP contribution in [-0.2, 0) is 22.4 Å². The van der Waals surface area contributed by atoms with E-state index in [1.165, 1.54) is 11.1 Å². The molecule has 0 bridgehead atoms. The van der Waals surface area contributed by atoms with Crippen molar-refractivity contribution in [2.45, 2.75) is 44.9 Å². The maximum atomic E-state index is 5.94. The fourth-order valence-electron chi connectivity index (χ4n) is 3.57.